The maximum Gasteiger partial charge on any atom is 0.305 e. The van der Waals surface area contributed by atoms with Gasteiger partial charge in [-0.1, -0.05) is 39.5 Å². The van der Waals surface area contributed by atoms with Gasteiger partial charge in [-0.2, -0.15) is 0 Å². The van der Waals surface area contributed by atoms with Gasteiger partial charge in [-0.15, -0.1) is 0 Å². The molecule has 1 N–H and O–H groups in total. The van der Waals surface area contributed by atoms with Crippen molar-refractivity contribution in [2.75, 3.05) is 6.61 Å². The normalized spacial score (nSPS) is 46.2. The summed E-state index contributed by atoms with van der Waals surface area (Å²) in [6.45, 7) is 9.15. The molecule has 4 nitrogen and oxygen atoms in total. The first-order chi connectivity index (χ1) is 14.7. The molecule has 0 saturated heterocycles. The molecule has 0 unspecified atom stereocenters. The minimum absolute atomic E-state index is 0.168. The first kappa shape index (κ1) is 22.8. The standard InChI is InChI=1S/C27H40O4/c1-5-24(29)31-15-7-6-12-27(30)14-11-22-21-9-8-19-17-20(28)16-18(2)26(19,4)23(21)10-13-25(22,27)3/h18-19,21-23,30H,5,7-11,13-17H2,1-4H3/t18-,19-,21-,22-,23-,25-,26-,27-/m0/s1. The maximum absolute atomic E-state index is 12.3. The van der Waals surface area contributed by atoms with Gasteiger partial charge in [0.25, 0.3) is 0 Å². The zero-order valence-electron chi connectivity index (χ0n) is 19.8. The second-order valence-electron chi connectivity index (χ2n) is 11.3. The minimum atomic E-state index is -0.941. The molecule has 0 radical (unpaired) electrons. The highest BCUT2D eigenvalue weighted by molar-refractivity contribution is 5.80. The SMILES string of the molecule is CCC(=O)OCCC#C[C@]1(O)CC[C@H]2[C@@H]3CC[C@H]4CC(=O)C[C@H](C)[C@]4(C)[C@H]3CC[C@@]21C. The molecule has 31 heavy (non-hydrogen) atoms. The molecular weight excluding hydrogens is 388 g/mol. The van der Waals surface area contributed by atoms with Gasteiger partial charge in [0.1, 0.15) is 18.0 Å². The Hall–Kier alpha value is -1.34. The van der Waals surface area contributed by atoms with Gasteiger partial charge in [0, 0.05) is 31.1 Å². The van der Waals surface area contributed by atoms with Gasteiger partial charge in [-0.3, -0.25) is 9.59 Å². The molecule has 0 aromatic rings. The van der Waals surface area contributed by atoms with E-state index in [1.165, 1.54) is 6.42 Å². The molecule has 0 aromatic heterocycles. The van der Waals surface area contributed by atoms with E-state index in [9.17, 15) is 14.7 Å². The molecule has 0 aromatic carbocycles. The lowest BCUT2D eigenvalue weighted by Gasteiger charge is -2.62. The second kappa shape index (κ2) is 8.22. The summed E-state index contributed by atoms with van der Waals surface area (Å²) in [5.41, 5.74) is -0.852. The van der Waals surface area contributed by atoms with E-state index in [2.05, 4.69) is 32.6 Å². The van der Waals surface area contributed by atoms with E-state index in [-0.39, 0.29) is 16.8 Å². The number of ether oxygens (including phenoxy) is 1. The molecule has 172 valence electrons. The number of fused-ring (bicyclic) bond motifs is 5. The van der Waals surface area contributed by atoms with Crippen molar-refractivity contribution < 1.29 is 19.4 Å². The third kappa shape index (κ3) is 3.56. The topological polar surface area (TPSA) is 63.6 Å². The summed E-state index contributed by atoms with van der Waals surface area (Å²) in [7, 11) is 0. The highest BCUT2D eigenvalue weighted by Crippen LogP contribution is 2.68. The fourth-order valence-electron chi connectivity index (χ4n) is 8.23. The molecule has 0 heterocycles. The van der Waals surface area contributed by atoms with Crippen LogP contribution in [0.25, 0.3) is 0 Å². The fraction of sp³-hybridized carbons (Fsp3) is 0.852. The van der Waals surface area contributed by atoms with Crippen molar-refractivity contribution >= 4 is 11.8 Å². The predicted octanol–water partition coefficient (Wildman–Crippen LogP) is 4.92. The molecule has 4 aliphatic rings. The van der Waals surface area contributed by atoms with Gasteiger partial charge in [0.05, 0.1) is 0 Å². The van der Waals surface area contributed by atoms with Crippen molar-refractivity contribution in [3.63, 3.8) is 0 Å². The number of rotatable bonds is 3. The molecule has 4 saturated carbocycles. The second-order valence-corrected chi connectivity index (χ2v) is 11.3. The Balaban J connectivity index is 1.50. The molecule has 0 amide bonds. The van der Waals surface area contributed by atoms with Crippen LogP contribution in [0.2, 0.25) is 0 Å². The van der Waals surface area contributed by atoms with Gasteiger partial charge in [0.2, 0.25) is 0 Å². The van der Waals surface area contributed by atoms with Crippen molar-refractivity contribution in [3.8, 4) is 11.8 Å². The molecule has 4 rings (SSSR count). The van der Waals surface area contributed by atoms with E-state index in [0.29, 0.717) is 54.8 Å². The molecule has 4 fully saturated rings. The van der Waals surface area contributed by atoms with E-state index in [0.717, 1.165) is 44.9 Å². The molecule has 0 aliphatic heterocycles. The summed E-state index contributed by atoms with van der Waals surface area (Å²) >= 11 is 0. The van der Waals surface area contributed by atoms with Gasteiger partial charge < -0.3 is 9.84 Å². The van der Waals surface area contributed by atoms with Crippen LogP contribution in [-0.4, -0.2) is 29.1 Å². The number of carbonyl (C=O) groups is 2. The van der Waals surface area contributed by atoms with Crippen molar-refractivity contribution in [2.24, 2.45) is 40.4 Å². The Labute approximate surface area is 187 Å². The number of ketones is 1. The quantitative estimate of drug-likeness (QED) is 0.394. The number of aliphatic hydroxyl groups is 1. The van der Waals surface area contributed by atoms with Crippen LogP contribution in [0.1, 0.15) is 91.9 Å². The van der Waals surface area contributed by atoms with Crippen molar-refractivity contribution in [3.05, 3.63) is 0 Å². The van der Waals surface area contributed by atoms with Crippen LogP contribution in [0.3, 0.4) is 0 Å². The number of hydrogen-bond donors (Lipinski definition) is 1. The number of hydrogen-bond acceptors (Lipinski definition) is 4. The summed E-state index contributed by atoms with van der Waals surface area (Å²) in [5, 5.41) is 11.6. The van der Waals surface area contributed by atoms with Crippen LogP contribution >= 0.6 is 0 Å². The lowest BCUT2D eigenvalue weighted by Crippen LogP contribution is -2.58. The van der Waals surface area contributed by atoms with Gasteiger partial charge in [-0.25, -0.2) is 0 Å². The summed E-state index contributed by atoms with van der Waals surface area (Å²) in [6, 6.07) is 0. The van der Waals surface area contributed by atoms with Crippen LogP contribution in [0, 0.1) is 52.3 Å². The summed E-state index contributed by atoms with van der Waals surface area (Å²) in [4.78, 5) is 23.6. The van der Waals surface area contributed by atoms with Gasteiger partial charge in [0.15, 0.2) is 0 Å². The highest BCUT2D eigenvalue weighted by atomic mass is 16.5. The molecular formula is C27H40O4. The molecule has 0 bridgehead atoms. The fourth-order valence-corrected chi connectivity index (χ4v) is 8.23. The van der Waals surface area contributed by atoms with E-state index in [1.54, 1.807) is 6.92 Å². The Morgan fingerprint density at radius 1 is 1.13 bits per heavy atom. The van der Waals surface area contributed by atoms with Crippen molar-refractivity contribution in [2.45, 2.75) is 97.5 Å². The number of esters is 1. The molecule has 8 atom stereocenters. The Morgan fingerprint density at radius 2 is 1.87 bits per heavy atom. The highest BCUT2D eigenvalue weighted by Gasteiger charge is 2.65. The van der Waals surface area contributed by atoms with Crippen molar-refractivity contribution in [1.82, 2.24) is 0 Å². The summed E-state index contributed by atoms with van der Waals surface area (Å²) < 4.78 is 5.12. The smallest absolute Gasteiger partial charge is 0.305 e. The molecule has 4 aliphatic carbocycles. The largest absolute Gasteiger partial charge is 0.465 e. The average molecular weight is 429 g/mol. The Bertz CT molecular complexity index is 793. The monoisotopic (exact) mass is 428 g/mol. The third-order valence-electron chi connectivity index (χ3n) is 10.3. The lowest BCUT2D eigenvalue weighted by atomic mass is 9.42. The van der Waals surface area contributed by atoms with E-state index < -0.39 is 5.60 Å². The van der Waals surface area contributed by atoms with Crippen LogP contribution in [0.5, 0.6) is 0 Å². The zero-order chi connectivity index (χ0) is 22.4. The van der Waals surface area contributed by atoms with E-state index >= 15 is 0 Å². The van der Waals surface area contributed by atoms with E-state index in [1.807, 2.05) is 0 Å². The summed E-state index contributed by atoms with van der Waals surface area (Å²) in [6.07, 6.45) is 8.68. The van der Waals surface area contributed by atoms with Crippen LogP contribution in [0.4, 0.5) is 0 Å². The Kier molecular flexibility index (Phi) is 6.05. The van der Waals surface area contributed by atoms with Crippen LogP contribution in [0.15, 0.2) is 0 Å². The molecule has 0 spiro atoms. The lowest BCUT2D eigenvalue weighted by molar-refractivity contribution is -0.160. The average Bonchev–Trinajstić information content (AvgIpc) is 3.00. The summed E-state index contributed by atoms with van der Waals surface area (Å²) in [5.74, 6) is 9.43. The molecule has 4 heteroatoms. The van der Waals surface area contributed by atoms with Crippen LogP contribution in [-0.2, 0) is 14.3 Å². The minimum Gasteiger partial charge on any atom is -0.465 e. The van der Waals surface area contributed by atoms with E-state index in [4.69, 9.17) is 4.74 Å². The van der Waals surface area contributed by atoms with Crippen LogP contribution < -0.4 is 0 Å². The zero-order valence-corrected chi connectivity index (χ0v) is 19.8. The number of Topliss-reactive ketones (excluding diaryl/α,β-unsaturated/α-hetero) is 1. The van der Waals surface area contributed by atoms with Gasteiger partial charge in [-0.05, 0) is 73.5 Å². The third-order valence-corrected chi connectivity index (χ3v) is 10.3. The maximum atomic E-state index is 12.3. The van der Waals surface area contributed by atoms with Crippen molar-refractivity contribution in [1.29, 1.82) is 0 Å². The first-order valence-electron chi connectivity index (χ1n) is 12.6. The first-order valence-corrected chi connectivity index (χ1v) is 12.6. The van der Waals surface area contributed by atoms with Gasteiger partial charge >= 0.3 is 5.97 Å². The predicted molar refractivity (Wildman–Crippen MR) is 120 cm³/mol. The number of carbonyl (C=O) groups excluding carboxylic acids is 2. The Morgan fingerprint density at radius 3 is 2.61 bits per heavy atom.